The SMILES string of the molecule is CCn1cc(C(=O)Nc2cc(C(=O)OC)cc(C(=O)OC)c2)cn1. The Morgan fingerprint density at radius 3 is 2.08 bits per heavy atom. The van der Waals surface area contributed by atoms with Gasteiger partial charge in [0.15, 0.2) is 0 Å². The molecular formula is C16H17N3O5. The standard InChI is InChI=1S/C16H17N3O5/c1-4-19-9-12(8-17-19)14(20)18-13-6-10(15(21)23-2)5-11(7-13)16(22)24-3/h5-9H,4H2,1-3H3,(H,18,20). The first-order chi connectivity index (χ1) is 11.5. The van der Waals surface area contributed by atoms with Gasteiger partial charge < -0.3 is 14.8 Å². The van der Waals surface area contributed by atoms with E-state index in [-0.39, 0.29) is 16.8 Å². The minimum atomic E-state index is -0.630. The van der Waals surface area contributed by atoms with Crippen LogP contribution in [-0.4, -0.2) is 41.8 Å². The van der Waals surface area contributed by atoms with Crippen LogP contribution in [0.5, 0.6) is 0 Å². The molecule has 0 spiro atoms. The third kappa shape index (κ3) is 3.78. The van der Waals surface area contributed by atoms with E-state index in [0.29, 0.717) is 12.1 Å². The molecule has 0 aliphatic carbocycles. The van der Waals surface area contributed by atoms with Crippen LogP contribution in [0.3, 0.4) is 0 Å². The summed E-state index contributed by atoms with van der Waals surface area (Å²) in [7, 11) is 2.45. The average molecular weight is 331 g/mol. The number of aromatic nitrogens is 2. The second-order valence-electron chi connectivity index (χ2n) is 4.82. The van der Waals surface area contributed by atoms with Crippen LogP contribution in [0.2, 0.25) is 0 Å². The number of hydrogen-bond donors (Lipinski definition) is 1. The second-order valence-corrected chi connectivity index (χ2v) is 4.82. The Balaban J connectivity index is 2.32. The Hall–Kier alpha value is -3.16. The topological polar surface area (TPSA) is 99.5 Å². The maximum Gasteiger partial charge on any atom is 0.337 e. The summed E-state index contributed by atoms with van der Waals surface area (Å²) in [6.45, 7) is 2.54. The maximum atomic E-state index is 12.2. The van der Waals surface area contributed by atoms with Crippen LogP contribution in [0, 0.1) is 0 Å². The molecule has 1 aromatic heterocycles. The predicted molar refractivity (Wildman–Crippen MR) is 85.0 cm³/mol. The molecule has 8 nitrogen and oxygen atoms in total. The highest BCUT2D eigenvalue weighted by Gasteiger charge is 2.16. The van der Waals surface area contributed by atoms with E-state index in [9.17, 15) is 14.4 Å². The largest absolute Gasteiger partial charge is 0.465 e. The van der Waals surface area contributed by atoms with Gasteiger partial charge in [-0.05, 0) is 25.1 Å². The summed E-state index contributed by atoms with van der Waals surface area (Å²) in [4.78, 5) is 35.7. The highest BCUT2D eigenvalue weighted by atomic mass is 16.5. The number of carbonyl (C=O) groups is 3. The fourth-order valence-electron chi connectivity index (χ4n) is 2.03. The lowest BCUT2D eigenvalue weighted by molar-refractivity contribution is 0.0599. The lowest BCUT2D eigenvalue weighted by atomic mass is 10.1. The van der Waals surface area contributed by atoms with Crippen LogP contribution in [0.25, 0.3) is 0 Å². The highest BCUT2D eigenvalue weighted by molar-refractivity contribution is 6.05. The molecule has 24 heavy (non-hydrogen) atoms. The summed E-state index contributed by atoms with van der Waals surface area (Å²) < 4.78 is 10.9. The molecule has 1 heterocycles. The zero-order valence-corrected chi connectivity index (χ0v) is 13.5. The summed E-state index contributed by atoms with van der Waals surface area (Å²) in [5, 5.41) is 6.65. The number of nitrogens with zero attached hydrogens (tertiary/aromatic N) is 2. The molecular weight excluding hydrogens is 314 g/mol. The van der Waals surface area contributed by atoms with E-state index in [1.807, 2.05) is 6.92 Å². The zero-order valence-electron chi connectivity index (χ0n) is 13.5. The molecule has 1 amide bonds. The Labute approximate surface area is 138 Å². The van der Waals surface area contributed by atoms with Crippen LogP contribution in [-0.2, 0) is 16.0 Å². The average Bonchev–Trinajstić information content (AvgIpc) is 3.09. The number of benzene rings is 1. The third-order valence-corrected chi connectivity index (χ3v) is 3.25. The zero-order chi connectivity index (χ0) is 17.7. The maximum absolute atomic E-state index is 12.2. The van der Waals surface area contributed by atoms with E-state index in [2.05, 4.69) is 19.9 Å². The number of esters is 2. The van der Waals surface area contributed by atoms with Gasteiger partial charge in [0.25, 0.3) is 5.91 Å². The number of hydrogen-bond acceptors (Lipinski definition) is 6. The van der Waals surface area contributed by atoms with Crippen molar-refractivity contribution in [2.24, 2.45) is 0 Å². The Kier molecular flexibility index (Phi) is 5.31. The van der Waals surface area contributed by atoms with Crippen molar-refractivity contribution in [1.82, 2.24) is 9.78 Å². The summed E-state index contributed by atoms with van der Waals surface area (Å²) in [5.41, 5.74) is 0.882. The molecule has 1 aromatic carbocycles. The van der Waals surface area contributed by atoms with E-state index in [0.717, 1.165) is 0 Å². The number of methoxy groups -OCH3 is 2. The van der Waals surface area contributed by atoms with E-state index in [1.54, 1.807) is 10.9 Å². The van der Waals surface area contributed by atoms with Gasteiger partial charge in [-0.15, -0.1) is 0 Å². The minimum absolute atomic E-state index is 0.125. The summed E-state index contributed by atoms with van der Waals surface area (Å²) in [6.07, 6.45) is 3.03. The number of amides is 1. The van der Waals surface area contributed by atoms with Gasteiger partial charge in [-0.2, -0.15) is 5.10 Å². The highest BCUT2D eigenvalue weighted by Crippen LogP contribution is 2.18. The van der Waals surface area contributed by atoms with Gasteiger partial charge in [-0.25, -0.2) is 9.59 Å². The smallest absolute Gasteiger partial charge is 0.337 e. The van der Waals surface area contributed by atoms with Gasteiger partial charge >= 0.3 is 11.9 Å². The fourth-order valence-corrected chi connectivity index (χ4v) is 2.03. The molecule has 126 valence electrons. The van der Waals surface area contributed by atoms with E-state index >= 15 is 0 Å². The van der Waals surface area contributed by atoms with E-state index in [4.69, 9.17) is 0 Å². The van der Waals surface area contributed by atoms with Gasteiger partial charge in [0.05, 0.1) is 37.1 Å². The monoisotopic (exact) mass is 331 g/mol. The van der Waals surface area contributed by atoms with Crippen LogP contribution in [0.1, 0.15) is 38.0 Å². The number of rotatable bonds is 5. The summed E-state index contributed by atoms with van der Waals surface area (Å²) in [6, 6.07) is 4.17. The summed E-state index contributed by atoms with van der Waals surface area (Å²) >= 11 is 0. The Morgan fingerprint density at radius 1 is 1.04 bits per heavy atom. The number of carbonyl (C=O) groups excluding carboxylic acids is 3. The van der Waals surface area contributed by atoms with E-state index in [1.165, 1.54) is 38.6 Å². The van der Waals surface area contributed by atoms with Gasteiger partial charge in [-0.1, -0.05) is 0 Å². The van der Waals surface area contributed by atoms with Crippen LogP contribution < -0.4 is 5.32 Å². The van der Waals surface area contributed by atoms with Crippen LogP contribution in [0.15, 0.2) is 30.6 Å². The van der Waals surface area contributed by atoms with Gasteiger partial charge in [0, 0.05) is 18.4 Å². The van der Waals surface area contributed by atoms with Gasteiger partial charge in [-0.3, -0.25) is 9.48 Å². The van der Waals surface area contributed by atoms with Crippen molar-refractivity contribution in [3.63, 3.8) is 0 Å². The van der Waals surface area contributed by atoms with E-state index < -0.39 is 17.8 Å². The van der Waals surface area contributed by atoms with Crippen molar-refractivity contribution in [3.05, 3.63) is 47.3 Å². The van der Waals surface area contributed by atoms with Crippen molar-refractivity contribution >= 4 is 23.5 Å². The van der Waals surface area contributed by atoms with Crippen LogP contribution in [0.4, 0.5) is 5.69 Å². The normalized spacial score (nSPS) is 10.1. The lowest BCUT2D eigenvalue weighted by Crippen LogP contribution is -2.14. The molecule has 2 aromatic rings. The molecule has 1 N–H and O–H groups in total. The molecule has 0 bridgehead atoms. The Bertz CT molecular complexity index is 748. The summed E-state index contributed by atoms with van der Waals surface area (Å²) in [5.74, 6) is -1.67. The third-order valence-electron chi connectivity index (χ3n) is 3.25. The molecule has 0 unspecified atom stereocenters. The second kappa shape index (κ2) is 7.40. The first-order valence-electron chi connectivity index (χ1n) is 7.14. The number of ether oxygens (including phenoxy) is 2. The molecule has 0 aliphatic heterocycles. The van der Waals surface area contributed by atoms with Crippen molar-refractivity contribution in [2.75, 3.05) is 19.5 Å². The number of anilines is 1. The van der Waals surface area contributed by atoms with Crippen molar-refractivity contribution in [3.8, 4) is 0 Å². The van der Waals surface area contributed by atoms with Gasteiger partial charge in [0.2, 0.25) is 0 Å². The molecule has 2 rings (SSSR count). The quantitative estimate of drug-likeness (QED) is 0.838. The first-order valence-corrected chi connectivity index (χ1v) is 7.14. The fraction of sp³-hybridized carbons (Fsp3) is 0.250. The molecule has 0 atom stereocenters. The van der Waals surface area contributed by atoms with Crippen molar-refractivity contribution in [2.45, 2.75) is 13.5 Å². The number of nitrogens with one attached hydrogen (secondary N) is 1. The lowest BCUT2D eigenvalue weighted by Gasteiger charge is -2.09. The molecule has 0 saturated carbocycles. The first kappa shape index (κ1) is 17.2. The number of aryl methyl sites for hydroxylation is 1. The molecule has 8 heteroatoms. The van der Waals surface area contributed by atoms with Gasteiger partial charge in [0.1, 0.15) is 0 Å². The predicted octanol–water partition coefficient (Wildman–Crippen LogP) is 1.73. The van der Waals surface area contributed by atoms with Crippen molar-refractivity contribution < 1.29 is 23.9 Å². The molecule has 0 aliphatic rings. The van der Waals surface area contributed by atoms with Crippen LogP contribution >= 0.6 is 0 Å². The molecule has 0 radical (unpaired) electrons. The minimum Gasteiger partial charge on any atom is -0.465 e. The molecule has 0 saturated heterocycles. The van der Waals surface area contributed by atoms with Crippen molar-refractivity contribution in [1.29, 1.82) is 0 Å². The Morgan fingerprint density at radius 2 is 1.62 bits per heavy atom. The molecule has 0 fully saturated rings.